The lowest BCUT2D eigenvalue weighted by atomic mass is 9.72. The van der Waals surface area contributed by atoms with E-state index in [9.17, 15) is 4.39 Å². The quantitative estimate of drug-likeness (QED) is 0.681. The molecule has 112 valence electrons. The fraction of sp³-hybridized carbons (Fsp3) is 0.263. The summed E-state index contributed by atoms with van der Waals surface area (Å²) in [6, 6.07) is 13.0. The number of hydrogen-bond donors (Lipinski definition) is 2. The number of halogens is 1. The third-order valence-electron chi connectivity index (χ3n) is 5.14. The molecule has 0 bridgehead atoms. The number of H-pyrrole nitrogens is 1. The van der Waals surface area contributed by atoms with Crippen LogP contribution in [0.25, 0.3) is 10.9 Å². The van der Waals surface area contributed by atoms with E-state index >= 15 is 0 Å². The Morgan fingerprint density at radius 1 is 1.14 bits per heavy atom. The van der Waals surface area contributed by atoms with Gasteiger partial charge in [0.1, 0.15) is 5.82 Å². The Kier molecular flexibility index (Phi) is 2.80. The molecular formula is C19H19FN2. The van der Waals surface area contributed by atoms with Crippen molar-refractivity contribution in [2.24, 2.45) is 5.92 Å². The Morgan fingerprint density at radius 2 is 1.86 bits per heavy atom. The maximum atomic E-state index is 13.3. The average Bonchev–Trinajstić information content (AvgIpc) is 3.27. The van der Waals surface area contributed by atoms with Crippen molar-refractivity contribution >= 4 is 16.6 Å². The Labute approximate surface area is 129 Å². The summed E-state index contributed by atoms with van der Waals surface area (Å²) in [5.74, 6) is 0.406. The first-order valence-corrected chi connectivity index (χ1v) is 7.73. The molecule has 1 saturated carbocycles. The molecule has 3 N–H and O–H groups in total. The number of aromatic nitrogens is 1. The maximum Gasteiger partial charge on any atom is 0.123 e. The summed E-state index contributed by atoms with van der Waals surface area (Å²) in [4.78, 5) is 3.33. The molecule has 1 atom stereocenters. The standard InChI is InChI=1S/C19H19FN2/c1-19(12-5-6-12,13-7-9-14(20)10-8-13)16-11-22-18-15(16)3-2-4-17(18)21/h2-4,7-12,22H,5-6,21H2,1H3. The van der Waals surface area contributed by atoms with Gasteiger partial charge in [-0.05, 0) is 48.1 Å². The Hall–Kier alpha value is -2.29. The fourth-order valence-corrected chi connectivity index (χ4v) is 3.68. The number of nitrogen functional groups attached to an aromatic ring is 1. The van der Waals surface area contributed by atoms with Gasteiger partial charge < -0.3 is 10.7 Å². The second kappa shape index (κ2) is 4.60. The van der Waals surface area contributed by atoms with Gasteiger partial charge in [0.25, 0.3) is 0 Å². The van der Waals surface area contributed by atoms with Gasteiger partial charge in [0.15, 0.2) is 0 Å². The van der Waals surface area contributed by atoms with Crippen LogP contribution in [-0.4, -0.2) is 4.98 Å². The van der Waals surface area contributed by atoms with Crippen LogP contribution in [-0.2, 0) is 5.41 Å². The Balaban J connectivity index is 1.95. The molecule has 2 aromatic carbocycles. The van der Waals surface area contributed by atoms with Crippen molar-refractivity contribution in [1.82, 2.24) is 4.98 Å². The second-order valence-electron chi connectivity index (χ2n) is 6.46. The molecule has 4 rings (SSSR count). The second-order valence-corrected chi connectivity index (χ2v) is 6.46. The van der Waals surface area contributed by atoms with Gasteiger partial charge >= 0.3 is 0 Å². The number of hydrogen-bond acceptors (Lipinski definition) is 1. The van der Waals surface area contributed by atoms with Crippen LogP contribution in [0.2, 0.25) is 0 Å². The van der Waals surface area contributed by atoms with Crippen molar-refractivity contribution in [1.29, 1.82) is 0 Å². The molecule has 3 heteroatoms. The van der Waals surface area contributed by atoms with Crippen molar-refractivity contribution in [3.05, 3.63) is 65.6 Å². The minimum absolute atomic E-state index is 0.111. The predicted octanol–water partition coefficient (Wildman–Crippen LogP) is 4.61. The summed E-state index contributed by atoms with van der Waals surface area (Å²) >= 11 is 0. The molecule has 1 unspecified atom stereocenters. The van der Waals surface area contributed by atoms with Crippen LogP contribution in [0.15, 0.2) is 48.7 Å². The highest BCUT2D eigenvalue weighted by atomic mass is 19.1. The lowest BCUT2D eigenvalue weighted by molar-refractivity contribution is 0.497. The van der Waals surface area contributed by atoms with Crippen LogP contribution in [0.4, 0.5) is 10.1 Å². The highest BCUT2D eigenvalue weighted by Crippen LogP contribution is 2.52. The lowest BCUT2D eigenvalue weighted by Crippen LogP contribution is -2.26. The van der Waals surface area contributed by atoms with Gasteiger partial charge in [-0.3, -0.25) is 0 Å². The number of nitrogens with one attached hydrogen (secondary N) is 1. The zero-order valence-electron chi connectivity index (χ0n) is 12.6. The first kappa shape index (κ1) is 13.4. The smallest absolute Gasteiger partial charge is 0.123 e. The average molecular weight is 294 g/mol. The van der Waals surface area contributed by atoms with Crippen LogP contribution in [0.1, 0.15) is 30.9 Å². The first-order chi connectivity index (χ1) is 10.6. The highest BCUT2D eigenvalue weighted by Gasteiger charge is 2.45. The zero-order chi connectivity index (χ0) is 15.3. The minimum Gasteiger partial charge on any atom is -0.397 e. The van der Waals surface area contributed by atoms with Crippen LogP contribution in [0, 0.1) is 11.7 Å². The Bertz CT molecular complexity index is 830. The molecule has 1 aromatic heterocycles. The predicted molar refractivity (Wildman–Crippen MR) is 88.3 cm³/mol. The lowest BCUT2D eigenvalue weighted by Gasteiger charge is -2.30. The number of fused-ring (bicyclic) bond motifs is 1. The molecule has 0 amide bonds. The van der Waals surface area contributed by atoms with Gasteiger partial charge in [0, 0.05) is 17.0 Å². The maximum absolute atomic E-state index is 13.3. The van der Waals surface area contributed by atoms with Crippen LogP contribution >= 0.6 is 0 Å². The van der Waals surface area contributed by atoms with Crippen molar-refractivity contribution < 1.29 is 4.39 Å². The van der Waals surface area contributed by atoms with Crippen molar-refractivity contribution in [2.45, 2.75) is 25.2 Å². The molecular weight excluding hydrogens is 275 g/mol. The van der Waals surface area contributed by atoms with Gasteiger partial charge in [0.05, 0.1) is 11.2 Å². The molecule has 0 radical (unpaired) electrons. The number of rotatable bonds is 3. The SMILES string of the molecule is CC(c1ccc(F)cc1)(c1c[nH]c2c(N)cccc12)C1CC1. The fourth-order valence-electron chi connectivity index (χ4n) is 3.68. The monoisotopic (exact) mass is 294 g/mol. The summed E-state index contributed by atoms with van der Waals surface area (Å²) in [6.45, 7) is 2.27. The highest BCUT2D eigenvalue weighted by molar-refractivity contribution is 5.93. The van der Waals surface area contributed by atoms with Crippen molar-refractivity contribution in [3.63, 3.8) is 0 Å². The molecule has 1 fully saturated rings. The van der Waals surface area contributed by atoms with Gasteiger partial charge in [0.2, 0.25) is 0 Å². The van der Waals surface area contributed by atoms with E-state index in [1.54, 1.807) is 12.1 Å². The van der Waals surface area contributed by atoms with Crippen molar-refractivity contribution in [3.8, 4) is 0 Å². The van der Waals surface area contributed by atoms with Crippen LogP contribution in [0.3, 0.4) is 0 Å². The molecule has 0 saturated heterocycles. The molecule has 0 aliphatic heterocycles. The number of nitrogens with two attached hydrogens (primary N) is 1. The topological polar surface area (TPSA) is 41.8 Å². The normalized spacial score (nSPS) is 17.5. The summed E-state index contributed by atoms with van der Waals surface area (Å²) in [7, 11) is 0. The van der Waals surface area contributed by atoms with Gasteiger partial charge in [-0.15, -0.1) is 0 Å². The van der Waals surface area contributed by atoms with E-state index in [0.29, 0.717) is 5.92 Å². The van der Waals surface area contributed by atoms with E-state index in [-0.39, 0.29) is 11.2 Å². The third-order valence-corrected chi connectivity index (χ3v) is 5.14. The summed E-state index contributed by atoms with van der Waals surface area (Å²) in [6.07, 6.45) is 4.49. The van der Waals surface area contributed by atoms with E-state index in [0.717, 1.165) is 11.2 Å². The molecule has 1 aliphatic carbocycles. The first-order valence-electron chi connectivity index (χ1n) is 7.73. The zero-order valence-corrected chi connectivity index (χ0v) is 12.6. The summed E-state index contributed by atoms with van der Waals surface area (Å²) in [5.41, 5.74) is 10.1. The molecule has 1 aliphatic rings. The number of aromatic amines is 1. The minimum atomic E-state index is -0.190. The van der Waals surface area contributed by atoms with Gasteiger partial charge in [-0.1, -0.05) is 31.2 Å². The van der Waals surface area contributed by atoms with Crippen molar-refractivity contribution in [2.75, 3.05) is 5.73 Å². The van der Waals surface area contributed by atoms with Crippen LogP contribution < -0.4 is 5.73 Å². The third kappa shape index (κ3) is 1.85. The molecule has 22 heavy (non-hydrogen) atoms. The molecule has 0 spiro atoms. The van der Waals surface area contributed by atoms with E-state index in [4.69, 9.17) is 5.73 Å². The van der Waals surface area contributed by atoms with Gasteiger partial charge in [-0.25, -0.2) is 4.39 Å². The largest absolute Gasteiger partial charge is 0.397 e. The van der Waals surface area contributed by atoms with E-state index in [2.05, 4.69) is 24.2 Å². The summed E-state index contributed by atoms with van der Waals surface area (Å²) in [5, 5.41) is 1.17. The van der Waals surface area contributed by atoms with E-state index in [1.165, 1.54) is 29.4 Å². The van der Waals surface area contributed by atoms with E-state index < -0.39 is 0 Å². The number of anilines is 1. The number of benzene rings is 2. The number of para-hydroxylation sites is 1. The molecule has 3 aromatic rings. The Morgan fingerprint density at radius 3 is 2.55 bits per heavy atom. The van der Waals surface area contributed by atoms with E-state index in [1.807, 2.05) is 24.3 Å². The van der Waals surface area contributed by atoms with Gasteiger partial charge in [-0.2, -0.15) is 0 Å². The summed E-state index contributed by atoms with van der Waals surface area (Å²) < 4.78 is 13.3. The molecule has 2 nitrogen and oxygen atoms in total. The molecule has 1 heterocycles. The van der Waals surface area contributed by atoms with Crippen LogP contribution in [0.5, 0.6) is 0 Å².